The first-order valence-corrected chi connectivity index (χ1v) is 5.10. The van der Waals surface area contributed by atoms with Crippen molar-refractivity contribution in [1.82, 2.24) is 9.97 Å². The smallest absolute Gasteiger partial charge is 0.175 e. The van der Waals surface area contributed by atoms with Gasteiger partial charge in [0, 0.05) is 8.59 Å². The predicted octanol–water partition coefficient (Wildman–Crippen LogP) is 3.48. The van der Waals surface area contributed by atoms with Gasteiger partial charge in [-0.15, -0.1) is 0 Å². The van der Waals surface area contributed by atoms with Crippen LogP contribution < -0.4 is 0 Å². The van der Waals surface area contributed by atoms with Crippen molar-refractivity contribution in [2.45, 2.75) is 0 Å². The highest BCUT2D eigenvalue weighted by molar-refractivity contribution is 14.1. The van der Waals surface area contributed by atoms with E-state index in [1.165, 1.54) is 0 Å². The second-order valence-corrected chi connectivity index (χ2v) is 4.40. The molecule has 0 radical (unpaired) electrons. The van der Waals surface area contributed by atoms with Crippen LogP contribution in [0.15, 0.2) is 12.1 Å². The van der Waals surface area contributed by atoms with Crippen molar-refractivity contribution >= 4 is 57.4 Å². The lowest BCUT2D eigenvalue weighted by Gasteiger charge is -1.93. The topological polar surface area (TPSA) is 31.6 Å². The summed E-state index contributed by atoms with van der Waals surface area (Å²) < 4.78 is 1.70. The van der Waals surface area contributed by atoms with Crippen LogP contribution in [0.3, 0.4) is 0 Å². The molecule has 2 aromatic rings. The highest BCUT2D eigenvalue weighted by atomic mass is 127. The Balaban J connectivity index is 2.97. The minimum Gasteiger partial charge on any atom is -0.331 e. The van der Waals surface area contributed by atoms with Gasteiger partial charge in [-0.25, -0.2) is 0 Å². The van der Waals surface area contributed by atoms with E-state index in [0.717, 1.165) is 19.6 Å². The number of aromatic nitrogens is 2. The summed E-state index contributed by atoms with van der Waals surface area (Å²) in [6, 6.07) is 3.74. The first-order valence-electron chi connectivity index (χ1n) is 3.24. The van der Waals surface area contributed by atoms with E-state index in [1.807, 2.05) is 12.1 Å². The summed E-state index contributed by atoms with van der Waals surface area (Å²) in [6.45, 7) is 0. The molecule has 0 atom stereocenters. The molecule has 12 heavy (non-hydrogen) atoms. The molecule has 0 fully saturated rings. The van der Waals surface area contributed by atoms with Crippen LogP contribution >= 0.6 is 46.4 Å². The highest BCUT2D eigenvalue weighted by Gasteiger charge is 2.01. The lowest BCUT2D eigenvalue weighted by molar-refractivity contribution is 1.30. The summed E-state index contributed by atoms with van der Waals surface area (Å²) in [4.78, 5) is 6.06. The molecule has 0 saturated heterocycles. The quantitative estimate of drug-likeness (QED) is 0.566. The Kier molecular flexibility index (Phi) is 2.14. The van der Waals surface area contributed by atoms with Gasteiger partial charge in [0.25, 0.3) is 0 Å². The highest BCUT2D eigenvalue weighted by Crippen LogP contribution is 2.22. The lowest BCUT2D eigenvalue weighted by atomic mass is 10.3. The number of benzene rings is 1. The van der Waals surface area contributed by atoms with Gasteiger partial charge in [-0.2, -0.15) is 0 Å². The third-order valence-corrected chi connectivity index (χ3v) is 2.81. The number of imidazole rings is 1. The second-order valence-electron chi connectivity index (χ2n) is 2.39. The standard InChI is InChI=1S/C7H4ClIN2S/c8-3-1-4(9)6-5(2-3)10-7(12)11-6/h1-2H,(H2,10,11,12). The molecule has 0 aliphatic heterocycles. The largest absolute Gasteiger partial charge is 0.331 e. The number of hydrogen-bond acceptors (Lipinski definition) is 1. The predicted molar refractivity (Wildman–Crippen MR) is 61.2 cm³/mol. The number of rotatable bonds is 0. The van der Waals surface area contributed by atoms with Crippen molar-refractivity contribution in [3.05, 3.63) is 25.5 Å². The molecule has 0 bridgehead atoms. The summed E-state index contributed by atoms with van der Waals surface area (Å²) in [5.41, 5.74) is 1.97. The molecule has 62 valence electrons. The Bertz CT molecular complexity index is 488. The van der Waals surface area contributed by atoms with Gasteiger partial charge in [-0.1, -0.05) is 11.6 Å². The molecule has 0 amide bonds. The van der Waals surface area contributed by atoms with Crippen LogP contribution in [0.1, 0.15) is 0 Å². The molecular formula is C7H4ClIN2S. The molecule has 5 heteroatoms. The van der Waals surface area contributed by atoms with E-state index < -0.39 is 0 Å². The summed E-state index contributed by atoms with van der Waals surface area (Å²) in [5.74, 6) is 0. The van der Waals surface area contributed by atoms with Crippen LogP contribution in [0.2, 0.25) is 5.02 Å². The molecule has 0 unspecified atom stereocenters. The third-order valence-electron chi connectivity index (χ3n) is 1.54. The fraction of sp³-hybridized carbons (Fsp3) is 0. The summed E-state index contributed by atoms with van der Waals surface area (Å²) in [5, 5.41) is 0.720. The van der Waals surface area contributed by atoms with Gasteiger partial charge >= 0.3 is 0 Å². The SMILES string of the molecule is S=c1[nH]c2cc(Cl)cc(I)c2[nH]1. The monoisotopic (exact) mass is 310 g/mol. The molecule has 1 aromatic carbocycles. The van der Waals surface area contributed by atoms with Crippen LogP contribution in [0.4, 0.5) is 0 Å². The number of hydrogen-bond donors (Lipinski definition) is 2. The zero-order chi connectivity index (χ0) is 8.72. The van der Waals surface area contributed by atoms with Crippen molar-refractivity contribution in [2.24, 2.45) is 0 Å². The normalized spacial score (nSPS) is 10.8. The van der Waals surface area contributed by atoms with E-state index in [-0.39, 0.29) is 0 Å². The number of H-pyrrole nitrogens is 2. The molecule has 1 heterocycles. The summed E-state index contributed by atoms with van der Waals surface area (Å²) in [6.07, 6.45) is 0. The van der Waals surface area contributed by atoms with E-state index in [0.29, 0.717) is 4.77 Å². The average molecular weight is 311 g/mol. The third kappa shape index (κ3) is 1.38. The maximum Gasteiger partial charge on any atom is 0.175 e. The zero-order valence-corrected chi connectivity index (χ0v) is 9.55. The number of halogens is 2. The molecular weight excluding hydrogens is 307 g/mol. The Morgan fingerprint density at radius 3 is 2.83 bits per heavy atom. The van der Waals surface area contributed by atoms with Crippen LogP contribution in [0, 0.1) is 8.34 Å². The lowest BCUT2D eigenvalue weighted by Crippen LogP contribution is -1.75. The minimum atomic E-state index is 0.630. The van der Waals surface area contributed by atoms with Gasteiger partial charge in [0.15, 0.2) is 4.77 Å². The van der Waals surface area contributed by atoms with Gasteiger partial charge in [0.05, 0.1) is 11.0 Å². The van der Waals surface area contributed by atoms with Gasteiger partial charge in [-0.05, 0) is 46.9 Å². The van der Waals surface area contributed by atoms with Crippen molar-refractivity contribution in [3.63, 3.8) is 0 Å². The summed E-state index contributed by atoms with van der Waals surface area (Å²) in [7, 11) is 0. The fourth-order valence-electron chi connectivity index (χ4n) is 1.07. The van der Waals surface area contributed by atoms with E-state index >= 15 is 0 Å². The molecule has 0 spiro atoms. The summed E-state index contributed by atoms with van der Waals surface area (Å²) >= 11 is 13.0. The Labute approximate surface area is 92.5 Å². The van der Waals surface area contributed by atoms with Crippen molar-refractivity contribution < 1.29 is 0 Å². The zero-order valence-electron chi connectivity index (χ0n) is 5.82. The second kappa shape index (κ2) is 3.01. The molecule has 2 N–H and O–H groups in total. The van der Waals surface area contributed by atoms with E-state index in [4.69, 9.17) is 23.8 Å². The fourth-order valence-corrected chi connectivity index (χ4v) is 2.44. The Morgan fingerprint density at radius 1 is 1.33 bits per heavy atom. The van der Waals surface area contributed by atoms with Crippen molar-refractivity contribution in [2.75, 3.05) is 0 Å². The van der Waals surface area contributed by atoms with Crippen LogP contribution in [-0.4, -0.2) is 9.97 Å². The number of nitrogens with one attached hydrogen (secondary N) is 2. The number of aromatic amines is 2. The Morgan fingerprint density at radius 2 is 2.08 bits per heavy atom. The number of fused-ring (bicyclic) bond motifs is 1. The molecule has 0 aliphatic rings. The van der Waals surface area contributed by atoms with Crippen LogP contribution in [-0.2, 0) is 0 Å². The molecule has 0 aliphatic carbocycles. The maximum absolute atomic E-state index is 5.86. The Hall–Kier alpha value is -0.0700. The first-order chi connectivity index (χ1) is 5.66. The van der Waals surface area contributed by atoms with Gasteiger partial charge in [-0.3, -0.25) is 0 Å². The van der Waals surface area contributed by atoms with Crippen molar-refractivity contribution in [3.8, 4) is 0 Å². The van der Waals surface area contributed by atoms with Crippen molar-refractivity contribution in [1.29, 1.82) is 0 Å². The molecule has 2 nitrogen and oxygen atoms in total. The molecule has 1 aromatic heterocycles. The van der Waals surface area contributed by atoms with Crippen LogP contribution in [0.25, 0.3) is 11.0 Å². The van der Waals surface area contributed by atoms with Gasteiger partial charge < -0.3 is 9.97 Å². The van der Waals surface area contributed by atoms with Crippen LogP contribution in [0.5, 0.6) is 0 Å². The first kappa shape index (κ1) is 8.52. The maximum atomic E-state index is 5.86. The van der Waals surface area contributed by atoms with E-state index in [9.17, 15) is 0 Å². The van der Waals surface area contributed by atoms with Gasteiger partial charge in [0.2, 0.25) is 0 Å². The van der Waals surface area contributed by atoms with E-state index in [1.54, 1.807) is 0 Å². The molecule has 2 rings (SSSR count). The van der Waals surface area contributed by atoms with E-state index in [2.05, 4.69) is 32.6 Å². The molecule has 0 saturated carbocycles. The average Bonchev–Trinajstić information content (AvgIpc) is 2.29. The minimum absolute atomic E-state index is 0.630. The van der Waals surface area contributed by atoms with Gasteiger partial charge in [0.1, 0.15) is 0 Å².